The summed E-state index contributed by atoms with van der Waals surface area (Å²) in [6.45, 7) is 2.53. The van der Waals surface area contributed by atoms with Crippen LogP contribution in [-0.2, 0) is 11.3 Å². The molecule has 0 fully saturated rings. The van der Waals surface area contributed by atoms with E-state index in [1.807, 2.05) is 6.92 Å². The molecule has 5 heteroatoms. The fourth-order valence-electron chi connectivity index (χ4n) is 0.970. The average Bonchev–Trinajstić information content (AvgIpc) is 2.67. The maximum atomic E-state index is 11.3. The highest BCUT2D eigenvalue weighted by atomic mass is 32.1. The third-order valence-electron chi connectivity index (χ3n) is 1.92. The zero-order chi connectivity index (χ0) is 10.4. The fraction of sp³-hybridized carbons (Fsp3) is 0.556. The van der Waals surface area contributed by atoms with Crippen molar-refractivity contribution in [1.82, 2.24) is 10.3 Å². The predicted molar refractivity (Wildman–Crippen MR) is 56.8 cm³/mol. The maximum absolute atomic E-state index is 11.3. The third-order valence-corrected chi connectivity index (χ3v) is 2.69. The van der Waals surface area contributed by atoms with E-state index < -0.39 is 0 Å². The first-order chi connectivity index (χ1) is 6.72. The second kappa shape index (κ2) is 5.72. The number of rotatable bonds is 5. The van der Waals surface area contributed by atoms with Crippen molar-refractivity contribution in [3.05, 3.63) is 16.6 Å². The van der Waals surface area contributed by atoms with Crippen LogP contribution in [0, 0.1) is 0 Å². The van der Waals surface area contributed by atoms with E-state index in [4.69, 9.17) is 5.73 Å². The van der Waals surface area contributed by atoms with Crippen LogP contribution >= 0.6 is 11.3 Å². The van der Waals surface area contributed by atoms with Crippen LogP contribution in [0.2, 0.25) is 0 Å². The molecule has 0 aliphatic heterocycles. The number of carbonyl (C=O) groups excluding carboxylic acids is 1. The van der Waals surface area contributed by atoms with E-state index in [2.05, 4.69) is 10.3 Å². The van der Waals surface area contributed by atoms with Crippen molar-refractivity contribution in [2.75, 3.05) is 0 Å². The van der Waals surface area contributed by atoms with Gasteiger partial charge in [-0.15, -0.1) is 11.3 Å². The molecule has 0 aromatic carbocycles. The van der Waals surface area contributed by atoms with Crippen molar-refractivity contribution in [2.45, 2.75) is 32.4 Å². The van der Waals surface area contributed by atoms with Gasteiger partial charge in [0.25, 0.3) is 0 Å². The van der Waals surface area contributed by atoms with Gasteiger partial charge in [-0.05, 0) is 6.42 Å². The monoisotopic (exact) mass is 213 g/mol. The summed E-state index contributed by atoms with van der Waals surface area (Å²) in [6.07, 6.45) is 2.98. The van der Waals surface area contributed by atoms with Crippen LogP contribution < -0.4 is 11.1 Å². The fourth-order valence-corrected chi connectivity index (χ4v) is 1.50. The van der Waals surface area contributed by atoms with Crippen LogP contribution in [0.25, 0.3) is 0 Å². The molecular formula is C9H15N3OS. The minimum atomic E-state index is -0.0311. The summed E-state index contributed by atoms with van der Waals surface area (Å²) in [6, 6.07) is -0.0311. The number of nitrogens with zero attached hydrogens (tertiary/aromatic N) is 1. The largest absolute Gasteiger partial charge is 0.351 e. The van der Waals surface area contributed by atoms with E-state index in [1.165, 1.54) is 11.3 Å². The van der Waals surface area contributed by atoms with Gasteiger partial charge in [0, 0.05) is 23.5 Å². The van der Waals surface area contributed by atoms with Crippen molar-refractivity contribution >= 4 is 17.2 Å². The van der Waals surface area contributed by atoms with Gasteiger partial charge in [0.05, 0.1) is 12.1 Å². The predicted octanol–water partition coefficient (Wildman–Crippen LogP) is 0.887. The number of nitrogens with two attached hydrogens (primary N) is 1. The zero-order valence-electron chi connectivity index (χ0n) is 8.19. The Bertz CT molecular complexity index is 274. The molecule has 0 aliphatic carbocycles. The summed E-state index contributed by atoms with van der Waals surface area (Å²) in [5.74, 6) is 0.00718. The lowest BCUT2D eigenvalue weighted by Crippen LogP contribution is -2.30. The Morgan fingerprint density at radius 1 is 1.79 bits per heavy atom. The molecule has 1 atom stereocenters. The highest BCUT2D eigenvalue weighted by Gasteiger charge is 2.07. The topological polar surface area (TPSA) is 68.0 Å². The van der Waals surface area contributed by atoms with Crippen LogP contribution in [0.15, 0.2) is 11.7 Å². The average molecular weight is 213 g/mol. The van der Waals surface area contributed by atoms with Gasteiger partial charge in [-0.3, -0.25) is 9.78 Å². The van der Waals surface area contributed by atoms with Crippen LogP contribution in [0.4, 0.5) is 0 Å². The first-order valence-corrected chi connectivity index (χ1v) is 5.50. The van der Waals surface area contributed by atoms with Crippen LogP contribution in [0.1, 0.15) is 24.6 Å². The van der Waals surface area contributed by atoms with Crippen molar-refractivity contribution in [3.63, 3.8) is 0 Å². The number of thiazole rings is 1. The van der Waals surface area contributed by atoms with Crippen molar-refractivity contribution in [1.29, 1.82) is 0 Å². The Balaban J connectivity index is 2.22. The summed E-state index contributed by atoms with van der Waals surface area (Å²) in [4.78, 5) is 16.3. The molecule has 1 unspecified atom stereocenters. The van der Waals surface area contributed by atoms with E-state index in [0.29, 0.717) is 13.0 Å². The van der Waals surface area contributed by atoms with Crippen LogP contribution in [0.5, 0.6) is 0 Å². The summed E-state index contributed by atoms with van der Waals surface area (Å²) >= 11 is 1.53. The molecule has 1 rings (SSSR count). The number of aromatic nitrogens is 1. The van der Waals surface area contributed by atoms with Crippen molar-refractivity contribution in [3.8, 4) is 0 Å². The van der Waals surface area contributed by atoms with Crippen LogP contribution in [-0.4, -0.2) is 16.9 Å². The van der Waals surface area contributed by atoms with Gasteiger partial charge in [-0.1, -0.05) is 6.92 Å². The molecular weight excluding hydrogens is 198 g/mol. The second-order valence-corrected chi connectivity index (χ2v) is 4.09. The molecule has 4 nitrogen and oxygen atoms in total. The molecule has 14 heavy (non-hydrogen) atoms. The van der Waals surface area contributed by atoms with E-state index in [0.717, 1.165) is 11.3 Å². The molecule has 1 heterocycles. The minimum absolute atomic E-state index is 0.00718. The van der Waals surface area contributed by atoms with Gasteiger partial charge in [0.2, 0.25) is 5.91 Å². The number of nitrogens with one attached hydrogen (secondary N) is 1. The number of carbonyl (C=O) groups is 1. The smallest absolute Gasteiger partial charge is 0.221 e. The third kappa shape index (κ3) is 3.85. The summed E-state index contributed by atoms with van der Waals surface area (Å²) in [7, 11) is 0. The molecule has 0 aliphatic rings. The lowest BCUT2D eigenvalue weighted by molar-refractivity contribution is -0.121. The highest BCUT2D eigenvalue weighted by Crippen LogP contribution is 2.04. The Morgan fingerprint density at radius 2 is 2.57 bits per heavy atom. The van der Waals surface area contributed by atoms with Gasteiger partial charge in [0.15, 0.2) is 0 Å². The molecule has 0 bridgehead atoms. The summed E-state index contributed by atoms with van der Waals surface area (Å²) in [5, 5.41) is 2.80. The van der Waals surface area contributed by atoms with E-state index >= 15 is 0 Å². The lowest BCUT2D eigenvalue weighted by atomic mass is 10.1. The Labute approximate surface area is 87.5 Å². The molecule has 78 valence electrons. The normalized spacial score (nSPS) is 12.4. The summed E-state index contributed by atoms with van der Waals surface area (Å²) in [5.41, 5.74) is 7.40. The molecule has 1 amide bonds. The Morgan fingerprint density at radius 3 is 3.14 bits per heavy atom. The van der Waals surface area contributed by atoms with Gasteiger partial charge in [0.1, 0.15) is 0 Å². The molecule has 0 radical (unpaired) electrons. The second-order valence-electron chi connectivity index (χ2n) is 3.12. The summed E-state index contributed by atoms with van der Waals surface area (Å²) < 4.78 is 0. The van der Waals surface area contributed by atoms with E-state index in [-0.39, 0.29) is 11.9 Å². The van der Waals surface area contributed by atoms with Gasteiger partial charge in [-0.25, -0.2) is 0 Å². The van der Waals surface area contributed by atoms with Gasteiger partial charge >= 0.3 is 0 Å². The molecule has 1 aromatic heterocycles. The van der Waals surface area contributed by atoms with Gasteiger partial charge < -0.3 is 11.1 Å². The number of hydrogen-bond donors (Lipinski definition) is 2. The number of hydrogen-bond acceptors (Lipinski definition) is 4. The minimum Gasteiger partial charge on any atom is -0.351 e. The molecule has 3 N–H and O–H groups in total. The van der Waals surface area contributed by atoms with E-state index in [9.17, 15) is 4.79 Å². The molecule has 0 spiro atoms. The van der Waals surface area contributed by atoms with Crippen molar-refractivity contribution in [2.24, 2.45) is 5.73 Å². The molecule has 0 saturated heterocycles. The van der Waals surface area contributed by atoms with E-state index in [1.54, 1.807) is 11.7 Å². The maximum Gasteiger partial charge on any atom is 0.221 e. The standard InChI is InChI=1S/C9H15N3OS/c1-2-7(10)3-9(13)12-5-8-4-11-6-14-8/h4,6-7H,2-3,5,10H2,1H3,(H,12,13). The molecule has 0 saturated carbocycles. The first kappa shape index (κ1) is 11.1. The van der Waals surface area contributed by atoms with Gasteiger partial charge in [-0.2, -0.15) is 0 Å². The Kier molecular flexibility index (Phi) is 4.55. The SMILES string of the molecule is CCC(N)CC(=O)NCc1cncs1. The first-order valence-electron chi connectivity index (χ1n) is 4.62. The quantitative estimate of drug-likeness (QED) is 0.763. The zero-order valence-corrected chi connectivity index (χ0v) is 9.01. The highest BCUT2D eigenvalue weighted by molar-refractivity contribution is 7.09. The number of amides is 1. The lowest BCUT2D eigenvalue weighted by Gasteiger charge is -2.08. The Hall–Kier alpha value is -0.940. The van der Waals surface area contributed by atoms with Crippen molar-refractivity contribution < 1.29 is 4.79 Å². The molecule has 1 aromatic rings. The van der Waals surface area contributed by atoms with Crippen LogP contribution in [0.3, 0.4) is 0 Å².